The van der Waals surface area contributed by atoms with Crippen LogP contribution in [-0.2, 0) is 13.2 Å². The molecule has 0 radical (unpaired) electrons. The van der Waals surface area contributed by atoms with Crippen LogP contribution in [-0.4, -0.2) is 20.6 Å². The van der Waals surface area contributed by atoms with Gasteiger partial charge in [-0.15, -0.1) is 0 Å². The fourth-order valence-corrected chi connectivity index (χ4v) is 3.28. The third-order valence-corrected chi connectivity index (χ3v) is 4.85. The SMILES string of the molecule is O=C(Nc1cccc(Cn2cc(Br)cn2)c1)c1ccc(COc2ccc([N+](=O)[O-])cc2)o1. The van der Waals surface area contributed by atoms with Crippen molar-refractivity contribution in [2.24, 2.45) is 0 Å². The Bertz CT molecular complexity index is 1250. The number of non-ortho nitro benzene ring substituents is 1. The Morgan fingerprint density at radius 3 is 2.72 bits per heavy atom. The lowest BCUT2D eigenvalue weighted by Crippen LogP contribution is -2.11. The third kappa shape index (κ3) is 5.41. The zero-order valence-corrected chi connectivity index (χ0v) is 18.2. The van der Waals surface area contributed by atoms with Gasteiger partial charge in [-0.2, -0.15) is 5.10 Å². The highest BCUT2D eigenvalue weighted by molar-refractivity contribution is 9.10. The van der Waals surface area contributed by atoms with Gasteiger partial charge in [0.15, 0.2) is 5.76 Å². The van der Waals surface area contributed by atoms with Crippen LogP contribution >= 0.6 is 15.9 Å². The number of halogens is 1. The van der Waals surface area contributed by atoms with Gasteiger partial charge in [0.2, 0.25) is 0 Å². The molecule has 0 bridgehead atoms. The van der Waals surface area contributed by atoms with Crippen molar-refractivity contribution < 1.29 is 18.9 Å². The number of amides is 1. The number of rotatable bonds is 8. The Morgan fingerprint density at radius 2 is 2.00 bits per heavy atom. The van der Waals surface area contributed by atoms with Crippen LogP contribution in [0.5, 0.6) is 5.75 Å². The number of ether oxygens (including phenoxy) is 1. The van der Waals surface area contributed by atoms with Gasteiger partial charge in [-0.05, 0) is 57.9 Å². The van der Waals surface area contributed by atoms with E-state index >= 15 is 0 Å². The van der Waals surface area contributed by atoms with Crippen molar-refractivity contribution in [2.75, 3.05) is 5.32 Å². The standard InChI is InChI=1S/C22H17BrN4O5/c23-16-11-24-26(13-16)12-15-2-1-3-17(10-15)25-22(28)21-9-8-20(32-21)14-31-19-6-4-18(5-7-19)27(29)30/h1-11,13H,12,14H2,(H,25,28). The molecule has 4 aromatic rings. The monoisotopic (exact) mass is 496 g/mol. The van der Waals surface area contributed by atoms with Crippen LogP contribution in [0.1, 0.15) is 21.9 Å². The molecule has 2 aromatic heterocycles. The van der Waals surface area contributed by atoms with Crippen molar-refractivity contribution >= 4 is 33.2 Å². The molecule has 9 nitrogen and oxygen atoms in total. The molecular weight excluding hydrogens is 480 g/mol. The summed E-state index contributed by atoms with van der Waals surface area (Å²) < 4.78 is 13.8. The highest BCUT2D eigenvalue weighted by Gasteiger charge is 2.13. The largest absolute Gasteiger partial charge is 0.486 e. The average molecular weight is 497 g/mol. The Balaban J connectivity index is 1.34. The fraction of sp³-hybridized carbons (Fsp3) is 0.0909. The van der Waals surface area contributed by atoms with Crippen LogP contribution in [0, 0.1) is 10.1 Å². The minimum absolute atomic E-state index is 0.0177. The van der Waals surface area contributed by atoms with Gasteiger partial charge < -0.3 is 14.5 Å². The first kappa shape index (κ1) is 21.3. The number of hydrogen-bond donors (Lipinski definition) is 1. The summed E-state index contributed by atoms with van der Waals surface area (Å²) in [6.45, 7) is 0.653. The maximum absolute atomic E-state index is 12.5. The summed E-state index contributed by atoms with van der Waals surface area (Å²) in [6, 6.07) is 16.4. The maximum atomic E-state index is 12.5. The van der Waals surface area contributed by atoms with E-state index < -0.39 is 4.92 Å². The van der Waals surface area contributed by atoms with E-state index in [4.69, 9.17) is 9.15 Å². The minimum atomic E-state index is -0.479. The van der Waals surface area contributed by atoms with Crippen molar-refractivity contribution in [3.8, 4) is 5.75 Å². The number of carbonyl (C=O) groups is 1. The number of furan rings is 1. The van der Waals surface area contributed by atoms with Gasteiger partial charge in [-0.3, -0.25) is 19.6 Å². The fourth-order valence-electron chi connectivity index (χ4n) is 2.95. The van der Waals surface area contributed by atoms with Crippen LogP contribution in [0.15, 0.2) is 81.9 Å². The van der Waals surface area contributed by atoms with Gasteiger partial charge in [0.25, 0.3) is 11.6 Å². The number of anilines is 1. The Hall–Kier alpha value is -3.92. The van der Waals surface area contributed by atoms with Crippen molar-refractivity contribution in [1.82, 2.24) is 9.78 Å². The van der Waals surface area contributed by atoms with E-state index in [0.29, 0.717) is 23.7 Å². The summed E-state index contributed by atoms with van der Waals surface area (Å²) in [5.74, 6) is 0.671. The van der Waals surface area contributed by atoms with E-state index in [0.717, 1.165) is 10.0 Å². The molecule has 32 heavy (non-hydrogen) atoms. The van der Waals surface area contributed by atoms with Crippen LogP contribution < -0.4 is 10.1 Å². The van der Waals surface area contributed by atoms with E-state index in [2.05, 4.69) is 26.3 Å². The number of benzene rings is 2. The van der Waals surface area contributed by atoms with Gasteiger partial charge in [0, 0.05) is 24.0 Å². The summed E-state index contributed by atoms with van der Waals surface area (Å²) in [5.41, 5.74) is 1.60. The lowest BCUT2D eigenvalue weighted by Gasteiger charge is -2.07. The zero-order chi connectivity index (χ0) is 22.5. The van der Waals surface area contributed by atoms with Crippen LogP contribution in [0.4, 0.5) is 11.4 Å². The van der Waals surface area contributed by atoms with E-state index in [1.54, 1.807) is 29.1 Å². The smallest absolute Gasteiger partial charge is 0.291 e. The molecule has 2 heterocycles. The van der Waals surface area contributed by atoms with Crippen molar-refractivity contribution in [3.05, 3.63) is 105 Å². The molecule has 162 valence electrons. The molecule has 4 rings (SSSR count). The molecule has 0 saturated heterocycles. The molecule has 0 aliphatic carbocycles. The van der Waals surface area contributed by atoms with Crippen molar-refractivity contribution in [1.29, 1.82) is 0 Å². The van der Waals surface area contributed by atoms with Gasteiger partial charge in [-0.25, -0.2) is 0 Å². The number of hydrogen-bond acceptors (Lipinski definition) is 6. The topological polar surface area (TPSA) is 112 Å². The molecule has 1 N–H and O–H groups in total. The minimum Gasteiger partial charge on any atom is -0.486 e. The summed E-state index contributed by atoms with van der Waals surface area (Å²) >= 11 is 3.37. The molecule has 0 unspecified atom stereocenters. The van der Waals surface area contributed by atoms with Gasteiger partial charge in [0.05, 0.1) is 22.1 Å². The number of nitrogens with one attached hydrogen (secondary N) is 1. The van der Waals surface area contributed by atoms with Gasteiger partial charge in [0.1, 0.15) is 18.1 Å². The number of nitrogens with zero attached hydrogens (tertiary/aromatic N) is 3. The molecule has 0 fully saturated rings. The molecule has 0 atom stereocenters. The second kappa shape index (κ2) is 9.48. The van der Waals surface area contributed by atoms with E-state index in [9.17, 15) is 14.9 Å². The molecule has 1 amide bonds. The normalized spacial score (nSPS) is 10.7. The van der Waals surface area contributed by atoms with Crippen LogP contribution in [0.25, 0.3) is 0 Å². The summed E-state index contributed by atoms with van der Waals surface area (Å²) in [6.07, 6.45) is 3.58. The molecular formula is C22H17BrN4O5. The van der Waals surface area contributed by atoms with E-state index in [-0.39, 0.29) is 24.0 Å². The highest BCUT2D eigenvalue weighted by atomic mass is 79.9. The quantitative estimate of drug-likeness (QED) is 0.270. The molecule has 0 spiro atoms. The van der Waals surface area contributed by atoms with Crippen molar-refractivity contribution in [2.45, 2.75) is 13.2 Å². The molecule has 0 aliphatic rings. The zero-order valence-electron chi connectivity index (χ0n) is 16.6. The number of aromatic nitrogens is 2. The summed E-state index contributed by atoms with van der Waals surface area (Å²) in [5, 5.41) is 17.7. The second-order valence-electron chi connectivity index (χ2n) is 6.82. The van der Waals surface area contributed by atoms with Crippen molar-refractivity contribution in [3.63, 3.8) is 0 Å². The van der Waals surface area contributed by atoms with Crippen LogP contribution in [0.3, 0.4) is 0 Å². The highest BCUT2D eigenvalue weighted by Crippen LogP contribution is 2.20. The number of carbonyl (C=O) groups excluding carboxylic acids is 1. The Morgan fingerprint density at radius 1 is 1.19 bits per heavy atom. The Kier molecular flexibility index (Phi) is 6.31. The average Bonchev–Trinajstić information content (AvgIpc) is 3.42. The summed E-state index contributed by atoms with van der Waals surface area (Å²) in [4.78, 5) is 22.8. The predicted molar refractivity (Wildman–Crippen MR) is 120 cm³/mol. The first-order chi connectivity index (χ1) is 15.5. The van der Waals surface area contributed by atoms with Gasteiger partial charge in [-0.1, -0.05) is 12.1 Å². The lowest BCUT2D eigenvalue weighted by atomic mass is 10.2. The van der Waals surface area contributed by atoms with Crippen LogP contribution in [0.2, 0.25) is 0 Å². The maximum Gasteiger partial charge on any atom is 0.291 e. The molecule has 0 saturated carbocycles. The second-order valence-corrected chi connectivity index (χ2v) is 7.73. The predicted octanol–water partition coefficient (Wildman–Crippen LogP) is 5.03. The Labute approximate surface area is 190 Å². The van der Waals surface area contributed by atoms with E-state index in [1.165, 1.54) is 24.3 Å². The van der Waals surface area contributed by atoms with Gasteiger partial charge >= 0.3 is 0 Å². The number of nitro benzene ring substituents is 1. The first-order valence-electron chi connectivity index (χ1n) is 9.50. The molecule has 0 aliphatic heterocycles. The summed E-state index contributed by atoms with van der Waals surface area (Å²) in [7, 11) is 0. The number of nitro groups is 1. The molecule has 2 aromatic carbocycles. The van der Waals surface area contributed by atoms with E-state index in [1.807, 2.05) is 24.4 Å². The molecule has 10 heteroatoms. The first-order valence-corrected chi connectivity index (χ1v) is 10.3. The lowest BCUT2D eigenvalue weighted by molar-refractivity contribution is -0.384. The third-order valence-electron chi connectivity index (χ3n) is 4.45.